The van der Waals surface area contributed by atoms with Crippen molar-refractivity contribution in [1.29, 1.82) is 0 Å². The molecule has 1 aliphatic heterocycles. The van der Waals surface area contributed by atoms with Gasteiger partial charge in [0.25, 0.3) is 0 Å². The van der Waals surface area contributed by atoms with Crippen LogP contribution in [0.25, 0.3) is 0 Å². The first-order valence-electron chi connectivity index (χ1n) is 8.09. The molecule has 1 aliphatic carbocycles. The fourth-order valence-electron chi connectivity index (χ4n) is 3.86. The van der Waals surface area contributed by atoms with Crippen LogP contribution in [0, 0.1) is 5.92 Å². The van der Waals surface area contributed by atoms with Crippen LogP contribution in [0.2, 0.25) is 0 Å². The molecule has 1 saturated carbocycles. The van der Waals surface area contributed by atoms with Crippen molar-refractivity contribution < 1.29 is 0 Å². The van der Waals surface area contributed by atoms with Gasteiger partial charge in [0.05, 0.1) is 5.51 Å². The highest BCUT2D eigenvalue weighted by molar-refractivity contribution is 7.09. The quantitative estimate of drug-likeness (QED) is 0.923. The summed E-state index contributed by atoms with van der Waals surface area (Å²) in [5.41, 5.74) is 2.39. The molecule has 0 radical (unpaired) electrons. The minimum absolute atomic E-state index is 0.425. The summed E-state index contributed by atoms with van der Waals surface area (Å²) in [7, 11) is 0. The van der Waals surface area contributed by atoms with Gasteiger partial charge in [-0.2, -0.15) is 0 Å². The van der Waals surface area contributed by atoms with Crippen molar-refractivity contribution in [2.75, 3.05) is 13.1 Å². The lowest BCUT2D eigenvalue weighted by Crippen LogP contribution is -2.64. The van der Waals surface area contributed by atoms with Gasteiger partial charge in [0.15, 0.2) is 0 Å². The third kappa shape index (κ3) is 2.78. The third-order valence-electron chi connectivity index (χ3n) is 5.48. The molecule has 2 atom stereocenters. The van der Waals surface area contributed by atoms with E-state index in [1.807, 2.05) is 11.7 Å². The number of thiazole rings is 1. The summed E-state index contributed by atoms with van der Waals surface area (Å²) in [5.74, 6) is 0.762. The Kier molecular flexibility index (Phi) is 4.43. The van der Waals surface area contributed by atoms with Gasteiger partial charge in [-0.1, -0.05) is 33.1 Å². The highest BCUT2D eigenvalue weighted by Crippen LogP contribution is 2.38. The van der Waals surface area contributed by atoms with Crippen LogP contribution in [-0.4, -0.2) is 34.6 Å². The lowest BCUT2D eigenvalue weighted by Gasteiger charge is -2.49. The van der Waals surface area contributed by atoms with Gasteiger partial charge >= 0.3 is 0 Å². The maximum Gasteiger partial charge on any atom is 0.0794 e. The second kappa shape index (κ2) is 6.12. The monoisotopic (exact) mass is 293 g/mol. The average Bonchev–Trinajstić information content (AvgIpc) is 3.13. The van der Waals surface area contributed by atoms with Crippen molar-refractivity contribution in [3.05, 3.63) is 16.6 Å². The summed E-state index contributed by atoms with van der Waals surface area (Å²) >= 11 is 1.80. The predicted molar refractivity (Wildman–Crippen MR) is 85.0 cm³/mol. The zero-order valence-corrected chi connectivity index (χ0v) is 13.6. The minimum Gasteiger partial charge on any atom is -0.311 e. The van der Waals surface area contributed by atoms with Crippen LogP contribution in [0.1, 0.15) is 50.8 Å². The molecule has 0 bridgehead atoms. The molecule has 1 saturated heterocycles. The van der Waals surface area contributed by atoms with Crippen LogP contribution in [0.5, 0.6) is 0 Å². The molecule has 4 heteroatoms. The molecule has 1 spiro atoms. The number of hydrogen-bond donors (Lipinski definition) is 1. The summed E-state index contributed by atoms with van der Waals surface area (Å²) in [6.07, 6.45) is 8.84. The molecule has 2 aliphatic rings. The highest BCUT2D eigenvalue weighted by Gasteiger charge is 2.44. The van der Waals surface area contributed by atoms with Crippen molar-refractivity contribution in [3.63, 3.8) is 0 Å². The summed E-state index contributed by atoms with van der Waals surface area (Å²) in [6.45, 7) is 8.17. The van der Waals surface area contributed by atoms with E-state index in [9.17, 15) is 0 Å². The molecule has 3 nitrogen and oxygen atoms in total. The Morgan fingerprint density at radius 3 is 2.95 bits per heavy atom. The molecule has 1 aromatic rings. The fourth-order valence-corrected chi connectivity index (χ4v) is 4.47. The van der Waals surface area contributed by atoms with Crippen LogP contribution in [0.3, 0.4) is 0 Å². The predicted octanol–water partition coefficient (Wildman–Crippen LogP) is 3.28. The van der Waals surface area contributed by atoms with Crippen LogP contribution in [0.4, 0.5) is 0 Å². The van der Waals surface area contributed by atoms with Crippen molar-refractivity contribution in [2.45, 2.75) is 64.1 Å². The van der Waals surface area contributed by atoms with Crippen LogP contribution >= 0.6 is 11.3 Å². The first-order chi connectivity index (χ1) is 9.73. The number of piperazine rings is 1. The zero-order valence-electron chi connectivity index (χ0n) is 12.8. The van der Waals surface area contributed by atoms with E-state index in [-0.39, 0.29) is 0 Å². The van der Waals surface area contributed by atoms with Gasteiger partial charge in [0, 0.05) is 42.3 Å². The Bertz CT molecular complexity index is 411. The molecular weight excluding hydrogens is 266 g/mol. The van der Waals surface area contributed by atoms with Gasteiger partial charge < -0.3 is 5.32 Å². The second-order valence-corrected chi connectivity index (χ2v) is 7.62. The Morgan fingerprint density at radius 2 is 2.30 bits per heavy atom. The molecule has 1 aromatic heterocycles. The van der Waals surface area contributed by atoms with Gasteiger partial charge in [-0.15, -0.1) is 11.3 Å². The summed E-state index contributed by atoms with van der Waals surface area (Å²) < 4.78 is 0. The van der Waals surface area contributed by atoms with Gasteiger partial charge in [0.2, 0.25) is 0 Å². The minimum atomic E-state index is 0.425. The van der Waals surface area contributed by atoms with Crippen LogP contribution in [0.15, 0.2) is 11.7 Å². The first-order valence-corrected chi connectivity index (χ1v) is 8.97. The Labute approximate surface area is 126 Å². The van der Waals surface area contributed by atoms with E-state index < -0.39 is 0 Å². The smallest absolute Gasteiger partial charge is 0.0794 e. The summed E-state index contributed by atoms with van der Waals surface area (Å²) in [4.78, 5) is 8.45. The maximum absolute atomic E-state index is 4.25. The van der Waals surface area contributed by atoms with E-state index in [1.165, 1.54) is 50.1 Å². The van der Waals surface area contributed by atoms with Gasteiger partial charge in [0.1, 0.15) is 0 Å². The molecule has 2 unspecified atom stereocenters. The largest absolute Gasteiger partial charge is 0.311 e. The Balaban J connectivity index is 1.75. The SMILES string of the molecule is CCC(C)C1CN(Cc2cncs2)C2(CCCC2)CN1. The summed E-state index contributed by atoms with van der Waals surface area (Å²) in [6, 6.07) is 0.652. The van der Waals surface area contributed by atoms with E-state index in [2.05, 4.69) is 29.0 Å². The van der Waals surface area contributed by atoms with Crippen LogP contribution in [-0.2, 0) is 6.54 Å². The lowest BCUT2D eigenvalue weighted by atomic mass is 9.87. The van der Waals surface area contributed by atoms with Crippen LogP contribution < -0.4 is 5.32 Å². The molecule has 2 fully saturated rings. The lowest BCUT2D eigenvalue weighted by molar-refractivity contribution is 0.0246. The van der Waals surface area contributed by atoms with Crippen molar-refractivity contribution in [3.8, 4) is 0 Å². The van der Waals surface area contributed by atoms with Gasteiger partial charge in [-0.3, -0.25) is 9.88 Å². The van der Waals surface area contributed by atoms with Crippen molar-refractivity contribution in [2.24, 2.45) is 5.92 Å². The maximum atomic E-state index is 4.25. The molecule has 2 heterocycles. The van der Waals surface area contributed by atoms with Crippen molar-refractivity contribution >= 4 is 11.3 Å². The molecule has 20 heavy (non-hydrogen) atoms. The topological polar surface area (TPSA) is 28.2 Å². The molecule has 112 valence electrons. The molecule has 0 amide bonds. The van der Waals surface area contributed by atoms with E-state index in [0.717, 1.165) is 12.5 Å². The second-order valence-electron chi connectivity index (χ2n) is 6.65. The number of hydrogen-bond acceptors (Lipinski definition) is 4. The van der Waals surface area contributed by atoms with E-state index in [1.54, 1.807) is 11.3 Å². The van der Waals surface area contributed by atoms with Gasteiger partial charge in [-0.25, -0.2) is 0 Å². The first kappa shape index (κ1) is 14.5. The molecular formula is C16H27N3S. The molecule has 3 rings (SSSR count). The average molecular weight is 293 g/mol. The Morgan fingerprint density at radius 1 is 1.50 bits per heavy atom. The number of rotatable bonds is 4. The molecule has 0 aromatic carbocycles. The summed E-state index contributed by atoms with van der Waals surface area (Å²) in [5, 5.41) is 3.86. The number of nitrogens with one attached hydrogen (secondary N) is 1. The normalized spacial score (nSPS) is 28.0. The standard InChI is InChI=1S/C16H27N3S/c1-3-13(2)15-10-19(9-14-8-17-12-20-14)16(11-18-15)6-4-5-7-16/h8,12-13,15,18H,3-7,9-11H2,1-2H3. The van der Waals surface area contributed by atoms with E-state index in [4.69, 9.17) is 0 Å². The van der Waals surface area contributed by atoms with E-state index >= 15 is 0 Å². The molecule has 1 N–H and O–H groups in total. The van der Waals surface area contributed by atoms with Crippen molar-refractivity contribution in [1.82, 2.24) is 15.2 Å². The number of aromatic nitrogens is 1. The number of nitrogens with zero attached hydrogens (tertiary/aromatic N) is 2. The Hall–Kier alpha value is -0.450. The van der Waals surface area contributed by atoms with Gasteiger partial charge in [-0.05, 0) is 18.8 Å². The highest BCUT2D eigenvalue weighted by atomic mass is 32.1. The fraction of sp³-hybridized carbons (Fsp3) is 0.812. The van der Waals surface area contributed by atoms with E-state index in [0.29, 0.717) is 11.6 Å². The zero-order chi connectivity index (χ0) is 14.0. The third-order valence-corrected chi connectivity index (χ3v) is 6.24.